The second-order valence-electron chi connectivity index (χ2n) is 5.39. The summed E-state index contributed by atoms with van der Waals surface area (Å²) in [6.07, 6.45) is 0.852. The maximum absolute atomic E-state index is 13.7. The summed E-state index contributed by atoms with van der Waals surface area (Å²) in [5, 5.41) is 2.88. The first-order chi connectivity index (χ1) is 8.22. The van der Waals surface area contributed by atoms with E-state index in [2.05, 4.69) is 38.3 Å². The molecular formula is C13H18F2N2S. The number of halogens is 2. The molecule has 100 valence electrons. The Bertz CT molecular complexity index is 453. The van der Waals surface area contributed by atoms with Crippen LogP contribution in [0.25, 0.3) is 0 Å². The number of anilines is 1. The van der Waals surface area contributed by atoms with Gasteiger partial charge in [-0.15, -0.1) is 0 Å². The molecule has 0 radical (unpaired) electrons. The summed E-state index contributed by atoms with van der Waals surface area (Å²) in [4.78, 5) is -0.146. The van der Waals surface area contributed by atoms with Crippen LogP contribution in [0.2, 0.25) is 0 Å². The third kappa shape index (κ3) is 3.91. The number of nitrogens with two attached hydrogens (primary N) is 1. The first-order valence-corrected chi connectivity index (χ1v) is 6.15. The SMILES string of the molecule is CC(C)(C)CCNc1ccc(C(N)=S)c(F)c1F. The van der Waals surface area contributed by atoms with Crippen molar-refractivity contribution in [2.75, 3.05) is 11.9 Å². The van der Waals surface area contributed by atoms with Crippen LogP contribution in [0.3, 0.4) is 0 Å². The molecule has 0 spiro atoms. The third-order valence-electron chi connectivity index (χ3n) is 2.54. The number of benzene rings is 1. The highest BCUT2D eigenvalue weighted by molar-refractivity contribution is 7.80. The highest BCUT2D eigenvalue weighted by Crippen LogP contribution is 2.22. The van der Waals surface area contributed by atoms with Gasteiger partial charge in [0.15, 0.2) is 11.6 Å². The topological polar surface area (TPSA) is 38.0 Å². The zero-order chi connectivity index (χ0) is 13.9. The Morgan fingerprint density at radius 1 is 1.28 bits per heavy atom. The van der Waals surface area contributed by atoms with Gasteiger partial charge >= 0.3 is 0 Å². The lowest BCUT2D eigenvalue weighted by Gasteiger charge is -2.19. The van der Waals surface area contributed by atoms with Crippen molar-refractivity contribution in [2.45, 2.75) is 27.2 Å². The number of thiocarbonyl (C=S) groups is 1. The smallest absolute Gasteiger partial charge is 0.182 e. The van der Waals surface area contributed by atoms with Crippen LogP contribution in [0.15, 0.2) is 12.1 Å². The molecule has 1 rings (SSSR count). The van der Waals surface area contributed by atoms with E-state index >= 15 is 0 Å². The largest absolute Gasteiger partial charge is 0.389 e. The summed E-state index contributed by atoms with van der Waals surface area (Å²) >= 11 is 4.64. The van der Waals surface area contributed by atoms with Gasteiger partial charge < -0.3 is 11.1 Å². The third-order valence-corrected chi connectivity index (χ3v) is 2.76. The molecule has 3 N–H and O–H groups in total. The average Bonchev–Trinajstić information content (AvgIpc) is 2.22. The van der Waals surface area contributed by atoms with Crippen LogP contribution in [0, 0.1) is 17.0 Å². The second-order valence-corrected chi connectivity index (χ2v) is 5.83. The van der Waals surface area contributed by atoms with Gasteiger partial charge in [-0.1, -0.05) is 33.0 Å². The molecule has 0 saturated carbocycles. The zero-order valence-corrected chi connectivity index (χ0v) is 11.6. The molecule has 0 saturated heterocycles. The van der Waals surface area contributed by atoms with Crippen molar-refractivity contribution < 1.29 is 8.78 Å². The van der Waals surface area contributed by atoms with Crippen LogP contribution in [0.1, 0.15) is 32.8 Å². The van der Waals surface area contributed by atoms with E-state index in [0.29, 0.717) is 6.54 Å². The van der Waals surface area contributed by atoms with Crippen molar-refractivity contribution >= 4 is 22.9 Å². The van der Waals surface area contributed by atoms with Gasteiger partial charge in [-0.25, -0.2) is 8.78 Å². The van der Waals surface area contributed by atoms with Crippen molar-refractivity contribution in [1.82, 2.24) is 0 Å². The van der Waals surface area contributed by atoms with Gasteiger partial charge in [0, 0.05) is 12.1 Å². The Balaban J connectivity index is 2.80. The molecule has 1 aromatic rings. The molecule has 18 heavy (non-hydrogen) atoms. The number of nitrogens with one attached hydrogen (secondary N) is 1. The first-order valence-electron chi connectivity index (χ1n) is 5.74. The summed E-state index contributed by atoms with van der Waals surface area (Å²) in [5.41, 5.74) is 5.50. The highest BCUT2D eigenvalue weighted by Gasteiger charge is 2.15. The Kier molecular flexibility index (Phi) is 4.62. The summed E-state index contributed by atoms with van der Waals surface area (Å²) in [6, 6.07) is 2.84. The van der Waals surface area contributed by atoms with Crippen LogP contribution in [0.4, 0.5) is 14.5 Å². The summed E-state index contributed by atoms with van der Waals surface area (Å²) in [6.45, 7) is 6.83. The van der Waals surface area contributed by atoms with Crippen molar-refractivity contribution in [1.29, 1.82) is 0 Å². The fraction of sp³-hybridized carbons (Fsp3) is 0.462. The van der Waals surface area contributed by atoms with Gasteiger partial charge in [-0.3, -0.25) is 0 Å². The maximum Gasteiger partial charge on any atom is 0.182 e. The highest BCUT2D eigenvalue weighted by atomic mass is 32.1. The molecule has 0 aliphatic carbocycles. The fourth-order valence-electron chi connectivity index (χ4n) is 1.45. The normalized spacial score (nSPS) is 11.4. The second kappa shape index (κ2) is 5.61. The Morgan fingerprint density at radius 3 is 2.39 bits per heavy atom. The summed E-state index contributed by atoms with van der Waals surface area (Å²) in [5.74, 6) is -1.93. The molecule has 0 atom stereocenters. The molecule has 0 fully saturated rings. The standard InChI is InChI=1S/C13H18F2N2S/c1-13(2,3)6-7-17-9-5-4-8(12(16)18)10(14)11(9)15/h4-5,17H,6-7H2,1-3H3,(H2,16,18). The van der Waals surface area contributed by atoms with E-state index < -0.39 is 11.6 Å². The zero-order valence-electron chi connectivity index (χ0n) is 10.8. The van der Waals surface area contributed by atoms with Crippen molar-refractivity contribution in [2.24, 2.45) is 11.1 Å². The fourth-order valence-corrected chi connectivity index (χ4v) is 1.61. The van der Waals surface area contributed by atoms with Crippen molar-refractivity contribution in [3.63, 3.8) is 0 Å². The summed E-state index contributed by atoms with van der Waals surface area (Å²) < 4.78 is 27.3. The molecule has 0 unspecified atom stereocenters. The monoisotopic (exact) mass is 272 g/mol. The molecule has 1 aromatic carbocycles. The van der Waals surface area contributed by atoms with Gasteiger partial charge in [-0.2, -0.15) is 0 Å². The first kappa shape index (κ1) is 14.8. The minimum atomic E-state index is -0.997. The van der Waals surface area contributed by atoms with Crippen LogP contribution in [-0.2, 0) is 0 Å². The van der Waals surface area contributed by atoms with E-state index in [0.717, 1.165) is 6.42 Å². The predicted molar refractivity (Wildman–Crippen MR) is 74.8 cm³/mol. The number of rotatable bonds is 4. The molecular weight excluding hydrogens is 254 g/mol. The van der Waals surface area contributed by atoms with E-state index in [-0.39, 0.29) is 21.7 Å². The van der Waals surface area contributed by atoms with Gasteiger partial charge in [-0.05, 0) is 24.0 Å². The minimum absolute atomic E-state index is 0.0659. The van der Waals surface area contributed by atoms with Crippen LogP contribution in [0.5, 0.6) is 0 Å². The van der Waals surface area contributed by atoms with Crippen LogP contribution >= 0.6 is 12.2 Å². The minimum Gasteiger partial charge on any atom is -0.389 e. The molecule has 2 nitrogen and oxygen atoms in total. The number of hydrogen-bond donors (Lipinski definition) is 2. The lowest BCUT2D eigenvalue weighted by atomic mass is 9.92. The molecule has 0 aliphatic rings. The maximum atomic E-state index is 13.7. The van der Waals surface area contributed by atoms with Crippen LogP contribution < -0.4 is 11.1 Å². The van der Waals surface area contributed by atoms with Crippen molar-refractivity contribution in [3.8, 4) is 0 Å². The molecule has 0 aromatic heterocycles. The van der Waals surface area contributed by atoms with Gasteiger partial charge in [0.05, 0.1) is 5.69 Å². The molecule has 0 aliphatic heterocycles. The van der Waals surface area contributed by atoms with Crippen LogP contribution in [-0.4, -0.2) is 11.5 Å². The van der Waals surface area contributed by atoms with E-state index in [4.69, 9.17) is 5.73 Å². The Morgan fingerprint density at radius 2 is 1.89 bits per heavy atom. The lowest BCUT2D eigenvalue weighted by Crippen LogP contribution is -2.16. The van der Waals surface area contributed by atoms with Gasteiger partial charge in [0.25, 0.3) is 0 Å². The van der Waals surface area contributed by atoms with E-state index in [1.807, 2.05) is 0 Å². The average molecular weight is 272 g/mol. The Hall–Kier alpha value is -1.23. The van der Waals surface area contributed by atoms with E-state index in [1.54, 1.807) is 0 Å². The molecule has 0 amide bonds. The predicted octanol–water partition coefficient (Wildman–Crippen LogP) is 3.45. The molecule has 0 heterocycles. The molecule has 0 bridgehead atoms. The molecule has 5 heteroatoms. The van der Waals surface area contributed by atoms with E-state index in [9.17, 15) is 8.78 Å². The van der Waals surface area contributed by atoms with Gasteiger partial charge in [0.2, 0.25) is 0 Å². The lowest BCUT2D eigenvalue weighted by molar-refractivity contribution is 0.389. The van der Waals surface area contributed by atoms with Crippen molar-refractivity contribution in [3.05, 3.63) is 29.3 Å². The quantitative estimate of drug-likeness (QED) is 0.824. The summed E-state index contributed by atoms with van der Waals surface area (Å²) in [7, 11) is 0. The van der Waals surface area contributed by atoms with Gasteiger partial charge in [0.1, 0.15) is 4.99 Å². The number of hydrogen-bond acceptors (Lipinski definition) is 2. The van der Waals surface area contributed by atoms with E-state index in [1.165, 1.54) is 12.1 Å². The Labute approximate surface area is 112 Å².